The fraction of sp³-hybridized carbons (Fsp3) is 0.333. The summed E-state index contributed by atoms with van der Waals surface area (Å²) in [6.45, 7) is 5.51. The highest BCUT2D eigenvalue weighted by Crippen LogP contribution is 2.36. The Morgan fingerprint density at radius 3 is 2.38 bits per heavy atom. The highest BCUT2D eigenvalue weighted by Gasteiger charge is 2.33. The van der Waals surface area contributed by atoms with Crippen molar-refractivity contribution >= 4 is 11.4 Å². The van der Waals surface area contributed by atoms with Crippen molar-refractivity contribution < 1.29 is 17.6 Å². The summed E-state index contributed by atoms with van der Waals surface area (Å²) in [5.74, 6) is 1.52. The molecular formula is C15H17F3N2O. The van der Waals surface area contributed by atoms with Crippen LogP contribution >= 0.6 is 0 Å². The second kappa shape index (κ2) is 5.35. The zero-order chi connectivity index (χ0) is 15.8. The molecule has 2 rings (SSSR count). The van der Waals surface area contributed by atoms with Gasteiger partial charge in [-0.3, -0.25) is 0 Å². The Kier molecular flexibility index (Phi) is 3.89. The van der Waals surface area contributed by atoms with E-state index < -0.39 is 11.7 Å². The molecule has 0 saturated heterocycles. The summed E-state index contributed by atoms with van der Waals surface area (Å²) in [6.07, 6.45) is -4.47. The first-order chi connectivity index (χ1) is 9.68. The number of anilines is 2. The second-order valence-corrected chi connectivity index (χ2v) is 5.03. The lowest BCUT2D eigenvalue weighted by Crippen LogP contribution is -2.11. The van der Waals surface area contributed by atoms with Crippen molar-refractivity contribution in [1.29, 1.82) is 0 Å². The lowest BCUT2D eigenvalue weighted by Gasteiger charge is -2.17. The number of nitrogens with one attached hydrogen (secondary N) is 1. The van der Waals surface area contributed by atoms with Gasteiger partial charge in [0, 0.05) is 16.9 Å². The van der Waals surface area contributed by atoms with Crippen LogP contribution in [0.1, 0.15) is 35.6 Å². The Morgan fingerprint density at radius 1 is 1.19 bits per heavy atom. The van der Waals surface area contributed by atoms with Crippen LogP contribution in [0.3, 0.4) is 0 Å². The Hall–Kier alpha value is -2.11. The Bertz CT molecular complexity index is 647. The molecule has 0 spiro atoms. The largest absolute Gasteiger partial charge is 0.466 e. The summed E-state index contributed by atoms with van der Waals surface area (Å²) in [5.41, 5.74) is 5.55. The van der Waals surface area contributed by atoms with Gasteiger partial charge >= 0.3 is 6.18 Å². The maximum atomic E-state index is 12.8. The normalized spacial score (nSPS) is 13.2. The summed E-state index contributed by atoms with van der Waals surface area (Å²) >= 11 is 0. The molecule has 1 aromatic carbocycles. The van der Waals surface area contributed by atoms with E-state index in [-0.39, 0.29) is 11.7 Å². The first-order valence-electron chi connectivity index (χ1n) is 6.48. The first kappa shape index (κ1) is 15.3. The molecule has 1 aromatic heterocycles. The van der Waals surface area contributed by atoms with E-state index in [1.54, 1.807) is 0 Å². The van der Waals surface area contributed by atoms with Gasteiger partial charge in [-0.2, -0.15) is 13.2 Å². The number of aryl methyl sites for hydroxylation is 2. The number of furan rings is 1. The molecule has 2 aromatic rings. The Morgan fingerprint density at radius 2 is 1.86 bits per heavy atom. The Labute approximate surface area is 120 Å². The van der Waals surface area contributed by atoms with Crippen LogP contribution in [-0.4, -0.2) is 0 Å². The smallest absolute Gasteiger partial charge is 0.418 e. The van der Waals surface area contributed by atoms with E-state index in [1.807, 2.05) is 26.8 Å². The number of nitrogen functional groups attached to an aromatic ring is 1. The lowest BCUT2D eigenvalue weighted by molar-refractivity contribution is -0.136. The van der Waals surface area contributed by atoms with Crippen molar-refractivity contribution in [2.75, 3.05) is 11.1 Å². The lowest BCUT2D eigenvalue weighted by atomic mass is 10.1. The van der Waals surface area contributed by atoms with E-state index in [9.17, 15) is 13.2 Å². The van der Waals surface area contributed by atoms with Crippen molar-refractivity contribution in [3.63, 3.8) is 0 Å². The summed E-state index contributed by atoms with van der Waals surface area (Å²) < 4.78 is 43.9. The minimum absolute atomic E-state index is 0.174. The van der Waals surface area contributed by atoms with Crippen LogP contribution in [0.2, 0.25) is 0 Å². The molecule has 21 heavy (non-hydrogen) atoms. The van der Waals surface area contributed by atoms with Gasteiger partial charge in [-0.25, -0.2) is 0 Å². The monoisotopic (exact) mass is 298 g/mol. The second-order valence-electron chi connectivity index (χ2n) is 5.03. The number of hydrogen-bond acceptors (Lipinski definition) is 3. The summed E-state index contributed by atoms with van der Waals surface area (Å²) in [4.78, 5) is 0. The minimum atomic E-state index is -4.47. The number of benzene rings is 1. The predicted octanol–water partition coefficient (Wildman–Crippen LogP) is 4.67. The van der Waals surface area contributed by atoms with Crippen LogP contribution in [0.15, 0.2) is 28.7 Å². The molecule has 0 aliphatic carbocycles. The average Bonchev–Trinajstić information content (AvgIpc) is 2.69. The number of hydrogen-bond donors (Lipinski definition) is 2. The summed E-state index contributed by atoms with van der Waals surface area (Å²) in [6, 6.07) is 5.50. The van der Waals surface area contributed by atoms with Gasteiger partial charge in [0.05, 0.1) is 11.6 Å². The first-order valence-corrected chi connectivity index (χ1v) is 6.48. The van der Waals surface area contributed by atoms with Crippen LogP contribution in [0, 0.1) is 13.8 Å². The van der Waals surface area contributed by atoms with Crippen LogP contribution in [0.5, 0.6) is 0 Å². The molecule has 3 N–H and O–H groups in total. The predicted molar refractivity (Wildman–Crippen MR) is 76.1 cm³/mol. The molecule has 0 bridgehead atoms. The highest BCUT2D eigenvalue weighted by atomic mass is 19.4. The van der Waals surface area contributed by atoms with Crippen LogP contribution in [0.25, 0.3) is 0 Å². The summed E-state index contributed by atoms with van der Waals surface area (Å²) in [5, 5.41) is 3.04. The van der Waals surface area contributed by atoms with Gasteiger partial charge in [-0.05, 0) is 45.0 Å². The van der Waals surface area contributed by atoms with E-state index in [0.29, 0.717) is 5.69 Å². The Balaban J connectivity index is 2.26. The standard InChI is InChI=1S/C15H17F3N2O/c1-8-6-12(10(3)21-8)9(2)20-11-4-5-14(19)13(7-11)15(16,17)18/h4-7,9,20H,19H2,1-3H3. The molecule has 114 valence electrons. The van der Waals surface area contributed by atoms with Gasteiger partial charge in [0.1, 0.15) is 11.5 Å². The van der Waals surface area contributed by atoms with Gasteiger partial charge in [-0.1, -0.05) is 0 Å². The van der Waals surface area contributed by atoms with E-state index in [0.717, 1.165) is 23.2 Å². The number of alkyl halides is 3. The van der Waals surface area contributed by atoms with Crippen molar-refractivity contribution in [2.45, 2.75) is 33.0 Å². The third-order valence-electron chi connectivity index (χ3n) is 3.29. The van der Waals surface area contributed by atoms with E-state index in [2.05, 4.69) is 5.32 Å². The zero-order valence-electron chi connectivity index (χ0n) is 12.0. The van der Waals surface area contributed by atoms with Crippen molar-refractivity contribution in [1.82, 2.24) is 0 Å². The summed E-state index contributed by atoms with van der Waals surface area (Å²) in [7, 11) is 0. The average molecular weight is 298 g/mol. The van der Waals surface area contributed by atoms with Crippen LogP contribution < -0.4 is 11.1 Å². The van der Waals surface area contributed by atoms with Crippen LogP contribution in [-0.2, 0) is 6.18 Å². The molecule has 0 aliphatic rings. The quantitative estimate of drug-likeness (QED) is 0.810. The molecule has 0 saturated carbocycles. The highest BCUT2D eigenvalue weighted by molar-refractivity contribution is 5.59. The number of nitrogens with two attached hydrogens (primary N) is 1. The molecule has 1 atom stereocenters. The molecular weight excluding hydrogens is 281 g/mol. The zero-order valence-corrected chi connectivity index (χ0v) is 12.0. The minimum Gasteiger partial charge on any atom is -0.466 e. The fourth-order valence-electron chi connectivity index (χ4n) is 2.30. The third-order valence-corrected chi connectivity index (χ3v) is 3.29. The van der Waals surface area contributed by atoms with Crippen molar-refractivity contribution in [3.8, 4) is 0 Å². The number of rotatable bonds is 3. The van der Waals surface area contributed by atoms with Gasteiger partial charge in [0.2, 0.25) is 0 Å². The third kappa shape index (κ3) is 3.32. The topological polar surface area (TPSA) is 51.2 Å². The maximum absolute atomic E-state index is 12.8. The molecule has 1 heterocycles. The molecule has 0 radical (unpaired) electrons. The van der Waals surface area contributed by atoms with Crippen molar-refractivity contribution in [2.24, 2.45) is 0 Å². The molecule has 6 heteroatoms. The van der Waals surface area contributed by atoms with Gasteiger partial charge in [0.15, 0.2) is 0 Å². The molecule has 0 amide bonds. The number of halogens is 3. The van der Waals surface area contributed by atoms with E-state index in [1.165, 1.54) is 12.1 Å². The van der Waals surface area contributed by atoms with Crippen molar-refractivity contribution in [3.05, 3.63) is 46.9 Å². The van der Waals surface area contributed by atoms with Gasteiger partial charge < -0.3 is 15.5 Å². The van der Waals surface area contributed by atoms with E-state index in [4.69, 9.17) is 10.2 Å². The SMILES string of the molecule is Cc1cc(C(C)Nc2ccc(N)c(C(F)(F)F)c2)c(C)o1. The van der Waals surface area contributed by atoms with Gasteiger partial charge in [0.25, 0.3) is 0 Å². The van der Waals surface area contributed by atoms with Crippen LogP contribution in [0.4, 0.5) is 24.5 Å². The molecule has 3 nitrogen and oxygen atoms in total. The molecule has 0 fully saturated rings. The maximum Gasteiger partial charge on any atom is 0.418 e. The fourth-order valence-corrected chi connectivity index (χ4v) is 2.30. The molecule has 1 unspecified atom stereocenters. The van der Waals surface area contributed by atoms with E-state index >= 15 is 0 Å². The van der Waals surface area contributed by atoms with Gasteiger partial charge in [-0.15, -0.1) is 0 Å². The molecule has 0 aliphatic heterocycles.